The van der Waals surface area contributed by atoms with Gasteiger partial charge in [0.25, 0.3) is 5.56 Å². The molecular formula is C21H24N2O2S2. The number of ether oxygens (including phenoxy) is 1. The Kier molecular flexibility index (Phi) is 5.66. The lowest BCUT2D eigenvalue weighted by molar-refractivity contribution is 0.183. The molecule has 27 heavy (non-hydrogen) atoms. The first kappa shape index (κ1) is 18.7. The summed E-state index contributed by atoms with van der Waals surface area (Å²) in [7, 11) is 1.67. The maximum atomic E-state index is 13.4. The zero-order valence-electron chi connectivity index (χ0n) is 15.7. The molecule has 3 aromatic rings. The summed E-state index contributed by atoms with van der Waals surface area (Å²) >= 11 is 3.37. The SMILES string of the molecule is COCCn1c(SC(C)c2ccccc2)nc2sc3c(c2c1=O)CCCC3. The molecule has 1 aliphatic carbocycles. The number of benzene rings is 1. The number of hydrogen-bond donors (Lipinski definition) is 0. The van der Waals surface area contributed by atoms with Crippen molar-refractivity contribution in [1.82, 2.24) is 9.55 Å². The average Bonchev–Trinajstić information content (AvgIpc) is 3.07. The number of thiophene rings is 1. The van der Waals surface area contributed by atoms with Crippen LogP contribution in [-0.2, 0) is 24.1 Å². The second-order valence-corrected chi connectivity index (χ2v) is 9.30. The van der Waals surface area contributed by atoms with Crippen LogP contribution in [0.5, 0.6) is 0 Å². The maximum Gasteiger partial charge on any atom is 0.263 e. The fourth-order valence-electron chi connectivity index (χ4n) is 3.64. The second-order valence-electron chi connectivity index (χ2n) is 6.91. The van der Waals surface area contributed by atoms with Crippen LogP contribution in [0.25, 0.3) is 10.2 Å². The van der Waals surface area contributed by atoms with Gasteiger partial charge in [-0.1, -0.05) is 42.1 Å². The van der Waals surface area contributed by atoms with Crippen LogP contribution in [0.1, 0.15) is 41.0 Å². The second kappa shape index (κ2) is 8.17. The van der Waals surface area contributed by atoms with Gasteiger partial charge >= 0.3 is 0 Å². The minimum atomic E-state index is 0.0965. The van der Waals surface area contributed by atoms with Gasteiger partial charge in [0.05, 0.1) is 18.5 Å². The molecular weight excluding hydrogens is 376 g/mol. The van der Waals surface area contributed by atoms with E-state index >= 15 is 0 Å². The zero-order chi connectivity index (χ0) is 18.8. The average molecular weight is 401 g/mol. The molecule has 0 fully saturated rings. The highest BCUT2D eigenvalue weighted by atomic mass is 32.2. The van der Waals surface area contributed by atoms with Crippen molar-refractivity contribution in [2.24, 2.45) is 0 Å². The highest BCUT2D eigenvalue weighted by Crippen LogP contribution is 2.37. The van der Waals surface area contributed by atoms with E-state index in [-0.39, 0.29) is 10.8 Å². The Hall–Kier alpha value is -1.63. The van der Waals surface area contributed by atoms with Crippen LogP contribution >= 0.6 is 23.1 Å². The molecule has 6 heteroatoms. The molecule has 4 rings (SSSR count). The van der Waals surface area contributed by atoms with Gasteiger partial charge in [0.15, 0.2) is 5.16 Å². The molecule has 2 aromatic heterocycles. The van der Waals surface area contributed by atoms with Crippen molar-refractivity contribution in [3.63, 3.8) is 0 Å². The molecule has 0 bridgehead atoms. The summed E-state index contributed by atoms with van der Waals surface area (Å²) in [5.74, 6) is 0. The number of aromatic nitrogens is 2. The topological polar surface area (TPSA) is 44.1 Å². The number of rotatable bonds is 6. The summed E-state index contributed by atoms with van der Waals surface area (Å²) < 4.78 is 7.07. The van der Waals surface area contributed by atoms with Crippen LogP contribution < -0.4 is 5.56 Å². The third-order valence-corrected chi connectivity index (χ3v) is 7.44. The molecule has 0 spiro atoms. The number of nitrogens with zero attached hydrogens (tertiary/aromatic N) is 2. The van der Waals surface area contributed by atoms with E-state index in [4.69, 9.17) is 9.72 Å². The van der Waals surface area contributed by atoms with Crippen molar-refractivity contribution in [3.8, 4) is 0 Å². The van der Waals surface area contributed by atoms with Gasteiger partial charge in [-0.2, -0.15) is 0 Å². The largest absolute Gasteiger partial charge is 0.383 e. The van der Waals surface area contributed by atoms with E-state index in [0.717, 1.165) is 34.6 Å². The van der Waals surface area contributed by atoms with Gasteiger partial charge in [0.1, 0.15) is 4.83 Å². The van der Waals surface area contributed by atoms with Gasteiger partial charge in [-0.05, 0) is 43.7 Å². The molecule has 1 unspecified atom stereocenters. The molecule has 1 atom stereocenters. The summed E-state index contributed by atoms with van der Waals surface area (Å²) in [6.07, 6.45) is 4.46. The number of hydrogen-bond acceptors (Lipinski definition) is 5. The third kappa shape index (κ3) is 3.71. The number of fused-ring (bicyclic) bond motifs is 3. The van der Waals surface area contributed by atoms with Crippen LogP contribution in [0.2, 0.25) is 0 Å². The number of methoxy groups -OCH3 is 1. The van der Waals surface area contributed by atoms with Crippen molar-refractivity contribution in [2.75, 3.05) is 13.7 Å². The Morgan fingerprint density at radius 1 is 1.26 bits per heavy atom. The minimum Gasteiger partial charge on any atom is -0.383 e. The molecule has 0 saturated heterocycles. The third-order valence-electron chi connectivity index (χ3n) is 5.11. The molecule has 142 valence electrons. The van der Waals surface area contributed by atoms with E-state index in [1.807, 2.05) is 22.8 Å². The van der Waals surface area contributed by atoms with E-state index < -0.39 is 0 Å². The Balaban J connectivity index is 1.79. The molecule has 4 nitrogen and oxygen atoms in total. The molecule has 0 amide bonds. The van der Waals surface area contributed by atoms with Crippen molar-refractivity contribution in [2.45, 2.75) is 49.6 Å². The van der Waals surface area contributed by atoms with Crippen LogP contribution in [0, 0.1) is 0 Å². The van der Waals surface area contributed by atoms with Gasteiger partial charge in [-0.3, -0.25) is 9.36 Å². The van der Waals surface area contributed by atoms with Crippen molar-refractivity contribution < 1.29 is 4.74 Å². The van der Waals surface area contributed by atoms with Crippen LogP contribution in [-0.4, -0.2) is 23.3 Å². The van der Waals surface area contributed by atoms with Crippen molar-refractivity contribution in [3.05, 3.63) is 56.7 Å². The lowest BCUT2D eigenvalue weighted by Crippen LogP contribution is -2.25. The molecule has 0 radical (unpaired) electrons. The first-order chi connectivity index (χ1) is 13.2. The maximum absolute atomic E-state index is 13.4. The fraction of sp³-hybridized carbons (Fsp3) is 0.429. The van der Waals surface area contributed by atoms with Gasteiger partial charge in [0, 0.05) is 17.2 Å². The molecule has 1 aliphatic rings. The quantitative estimate of drug-likeness (QED) is 0.439. The Labute approximate surface area is 167 Å². The summed E-state index contributed by atoms with van der Waals surface area (Å²) in [6.45, 7) is 3.20. The van der Waals surface area contributed by atoms with Gasteiger partial charge in [-0.15, -0.1) is 11.3 Å². The first-order valence-corrected chi connectivity index (χ1v) is 11.1. The van der Waals surface area contributed by atoms with Crippen LogP contribution in [0.3, 0.4) is 0 Å². The molecule has 1 aromatic carbocycles. The van der Waals surface area contributed by atoms with E-state index in [1.165, 1.54) is 22.4 Å². The van der Waals surface area contributed by atoms with E-state index in [2.05, 4.69) is 19.1 Å². The van der Waals surface area contributed by atoms with Gasteiger partial charge in [-0.25, -0.2) is 4.98 Å². The Morgan fingerprint density at radius 2 is 2.04 bits per heavy atom. The summed E-state index contributed by atoms with van der Waals surface area (Å²) in [5, 5.41) is 1.86. The predicted octanol–water partition coefficient (Wildman–Crippen LogP) is 4.84. The van der Waals surface area contributed by atoms with Gasteiger partial charge in [0.2, 0.25) is 0 Å². The Morgan fingerprint density at radius 3 is 2.81 bits per heavy atom. The van der Waals surface area contributed by atoms with E-state index in [1.54, 1.807) is 30.2 Å². The summed E-state index contributed by atoms with van der Waals surface area (Å²) in [6, 6.07) is 10.4. The van der Waals surface area contributed by atoms with Crippen molar-refractivity contribution >= 4 is 33.3 Å². The van der Waals surface area contributed by atoms with Crippen LogP contribution in [0.4, 0.5) is 0 Å². The number of thioether (sulfide) groups is 1. The van der Waals surface area contributed by atoms with Gasteiger partial charge < -0.3 is 4.74 Å². The van der Waals surface area contributed by atoms with E-state index in [0.29, 0.717) is 13.2 Å². The molecule has 2 heterocycles. The smallest absolute Gasteiger partial charge is 0.263 e. The number of aryl methyl sites for hydroxylation is 2. The minimum absolute atomic E-state index is 0.0965. The zero-order valence-corrected chi connectivity index (χ0v) is 17.4. The van der Waals surface area contributed by atoms with Crippen molar-refractivity contribution in [1.29, 1.82) is 0 Å². The lowest BCUT2D eigenvalue weighted by Gasteiger charge is -2.16. The fourth-order valence-corrected chi connectivity index (χ4v) is 6.00. The Bertz CT molecular complexity index is 995. The lowest BCUT2D eigenvalue weighted by atomic mass is 9.97. The summed E-state index contributed by atoms with van der Waals surface area (Å²) in [5.41, 5.74) is 2.58. The monoisotopic (exact) mass is 400 g/mol. The predicted molar refractivity (Wildman–Crippen MR) is 113 cm³/mol. The first-order valence-electron chi connectivity index (χ1n) is 9.44. The standard InChI is InChI=1S/C21H24N2O2S2/c1-14(15-8-4-3-5-9-15)26-21-22-19-18(20(24)23(21)12-13-25-2)16-10-6-7-11-17(16)27-19/h3-5,8-9,14H,6-7,10-13H2,1-2H3. The molecule has 0 saturated carbocycles. The highest BCUT2D eigenvalue weighted by Gasteiger charge is 2.23. The highest BCUT2D eigenvalue weighted by molar-refractivity contribution is 7.99. The summed E-state index contributed by atoms with van der Waals surface area (Å²) in [4.78, 5) is 20.6. The van der Waals surface area contributed by atoms with Crippen LogP contribution in [0.15, 0.2) is 40.3 Å². The molecule has 0 N–H and O–H groups in total. The van der Waals surface area contributed by atoms with E-state index in [9.17, 15) is 4.79 Å². The normalized spacial score (nSPS) is 15.0. The molecule has 0 aliphatic heterocycles.